The molecule has 26 heavy (non-hydrogen) atoms. The molecule has 5 nitrogen and oxygen atoms in total. The molecule has 138 valence electrons. The zero-order valence-electron chi connectivity index (χ0n) is 14.9. The van der Waals surface area contributed by atoms with E-state index in [-0.39, 0.29) is 6.17 Å². The molecule has 0 saturated carbocycles. The lowest BCUT2D eigenvalue weighted by molar-refractivity contribution is 0.198. The average Bonchev–Trinajstić information content (AvgIpc) is 3.24. The molecule has 0 N–H and O–H groups in total. The number of benzene rings is 2. The van der Waals surface area contributed by atoms with Gasteiger partial charge in [0.15, 0.2) is 0 Å². The lowest BCUT2D eigenvalue weighted by atomic mass is 10.1. The van der Waals surface area contributed by atoms with Crippen molar-refractivity contribution < 1.29 is 13.2 Å². The SMILES string of the molecule is CCOc1ccc(S(=O)(=O)N2CC3CCCN3C2c2ccccc2)cc1. The number of sulfonamides is 1. The molecule has 2 aromatic carbocycles. The molecule has 2 atom stereocenters. The second-order valence-electron chi connectivity index (χ2n) is 6.80. The highest BCUT2D eigenvalue weighted by Gasteiger charge is 2.47. The minimum absolute atomic E-state index is 0.222. The minimum Gasteiger partial charge on any atom is -0.494 e. The maximum absolute atomic E-state index is 13.4. The lowest BCUT2D eigenvalue weighted by Gasteiger charge is -2.29. The normalized spacial score (nSPS) is 23.9. The summed E-state index contributed by atoms with van der Waals surface area (Å²) in [6.45, 7) is 3.96. The van der Waals surface area contributed by atoms with E-state index < -0.39 is 10.0 Å². The number of rotatable bonds is 5. The van der Waals surface area contributed by atoms with Crippen molar-refractivity contribution in [2.45, 2.75) is 36.9 Å². The Morgan fingerprint density at radius 2 is 1.81 bits per heavy atom. The molecule has 2 aliphatic rings. The number of fused-ring (bicyclic) bond motifs is 1. The van der Waals surface area contributed by atoms with Gasteiger partial charge in [-0.15, -0.1) is 0 Å². The van der Waals surface area contributed by atoms with E-state index in [9.17, 15) is 8.42 Å². The standard InChI is InChI=1S/C20H24N2O3S/c1-2-25-18-10-12-19(13-11-18)26(23,24)22-15-17-9-6-14-21(17)20(22)16-7-4-3-5-8-16/h3-5,7-8,10-13,17,20H,2,6,9,14-15H2,1H3. The van der Waals surface area contributed by atoms with E-state index in [2.05, 4.69) is 4.90 Å². The Hall–Kier alpha value is -1.89. The molecule has 2 fully saturated rings. The molecule has 0 radical (unpaired) electrons. The molecule has 2 unspecified atom stereocenters. The molecule has 2 saturated heterocycles. The Bertz CT molecular complexity index is 852. The van der Waals surface area contributed by atoms with Crippen molar-refractivity contribution in [2.75, 3.05) is 19.7 Å². The smallest absolute Gasteiger partial charge is 0.244 e. The van der Waals surface area contributed by atoms with Gasteiger partial charge in [0.1, 0.15) is 11.9 Å². The quantitative estimate of drug-likeness (QED) is 0.808. The van der Waals surface area contributed by atoms with Gasteiger partial charge in [0.25, 0.3) is 0 Å². The van der Waals surface area contributed by atoms with Crippen molar-refractivity contribution in [3.63, 3.8) is 0 Å². The summed E-state index contributed by atoms with van der Waals surface area (Å²) in [7, 11) is -3.57. The van der Waals surface area contributed by atoms with E-state index in [1.54, 1.807) is 28.6 Å². The first-order valence-corrected chi connectivity index (χ1v) is 10.6. The van der Waals surface area contributed by atoms with Crippen molar-refractivity contribution >= 4 is 10.0 Å². The number of nitrogens with zero attached hydrogens (tertiary/aromatic N) is 2. The van der Waals surface area contributed by atoms with Crippen molar-refractivity contribution in [1.29, 1.82) is 0 Å². The van der Waals surface area contributed by atoms with Crippen LogP contribution in [0.5, 0.6) is 5.75 Å². The largest absolute Gasteiger partial charge is 0.494 e. The van der Waals surface area contributed by atoms with Gasteiger partial charge < -0.3 is 4.74 Å². The van der Waals surface area contributed by atoms with E-state index in [1.807, 2.05) is 37.3 Å². The van der Waals surface area contributed by atoms with E-state index >= 15 is 0 Å². The number of hydrogen-bond donors (Lipinski definition) is 0. The predicted molar refractivity (Wildman–Crippen MR) is 100 cm³/mol. The number of ether oxygens (including phenoxy) is 1. The molecule has 4 rings (SSSR count). The Balaban J connectivity index is 1.70. The fourth-order valence-electron chi connectivity index (χ4n) is 4.07. The molecule has 0 aliphatic carbocycles. The van der Waals surface area contributed by atoms with Gasteiger partial charge in [0.2, 0.25) is 10.0 Å². The van der Waals surface area contributed by atoms with Crippen LogP contribution >= 0.6 is 0 Å². The summed E-state index contributed by atoms with van der Waals surface area (Å²) in [5.74, 6) is 0.688. The van der Waals surface area contributed by atoms with Gasteiger partial charge in [-0.05, 0) is 49.6 Å². The predicted octanol–water partition coefficient (Wildman–Crippen LogP) is 3.25. The molecule has 0 spiro atoms. The summed E-state index contributed by atoms with van der Waals surface area (Å²) < 4.78 is 33.9. The average molecular weight is 372 g/mol. The molecular formula is C20H24N2O3S. The highest BCUT2D eigenvalue weighted by atomic mass is 32.2. The first-order chi connectivity index (χ1) is 12.6. The van der Waals surface area contributed by atoms with E-state index in [1.165, 1.54) is 0 Å². The Morgan fingerprint density at radius 3 is 2.50 bits per heavy atom. The van der Waals surface area contributed by atoms with Crippen LogP contribution < -0.4 is 4.74 Å². The zero-order chi connectivity index (χ0) is 18.1. The van der Waals surface area contributed by atoms with E-state index in [0.29, 0.717) is 29.8 Å². The van der Waals surface area contributed by atoms with E-state index in [4.69, 9.17) is 4.74 Å². The van der Waals surface area contributed by atoms with Crippen LogP contribution in [0.1, 0.15) is 31.5 Å². The monoisotopic (exact) mass is 372 g/mol. The topological polar surface area (TPSA) is 49.9 Å². The fraction of sp³-hybridized carbons (Fsp3) is 0.400. The molecule has 2 aliphatic heterocycles. The van der Waals surface area contributed by atoms with Gasteiger partial charge in [0.05, 0.1) is 11.5 Å². The third-order valence-corrected chi connectivity index (χ3v) is 7.07. The third kappa shape index (κ3) is 3.02. The van der Waals surface area contributed by atoms with Crippen LogP contribution in [-0.2, 0) is 10.0 Å². The van der Waals surface area contributed by atoms with Gasteiger partial charge in [-0.2, -0.15) is 4.31 Å². The van der Waals surface area contributed by atoms with Crippen LogP contribution in [0.4, 0.5) is 0 Å². The first kappa shape index (κ1) is 17.5. The molecule has 2 aromatic rings. The van der Waals surface area contributed by atoms with Gasteiger partial charge in [0, 0.05) is 19.1 Å². The maximum Gasteiger partial charge on any atom is 0.244 e. The molecule has 6 heteroatoms. The Labute approximate surface area is 155 Å². The van der Waals surface area contributed by atoms with Crippen LogP contribution in [0.3, 0.4) is 0 Å². The summed E-state index contributed by atoms with van der Waals surface area (Å²) in [4.78, 5) is 2.66. The van der Waals surface area contributed by atoms with Crippen LogP contribution in [0.2, 0.25) is 0 Å². The van der Waals surface area contributed by atoms with Crippen molar-refractivity contribution in [3.8, 4) is 5.75 Å². The summed E-state index contributed by atoms with van der Waals surface area (Å²) in [6.07, 6.45) is 1.96. The molecule has 0 aromatic heterocycles. The summed E-state index contributed by atoms with van der Waals surface area (Å²) in [6, 6.07) is 17.0. The highest BCUT2D eigenvalue weighted by Crippen LogP contribution is 2.41. The second-order valence-corrected chi connectivity index (χ2v) is 8.69. The summed E-state index contributed by atoms with van der Waals surface area (Å²) >= 11 is 0. The minimum atomic E-state index is -3.57. The second kappa shape index (κ2) is 7.02. The van der Waals surface area contributed by atoms with Crippen LogP contribution in [0.15, 0.2) is 59.5 Å². The van der Waals surface area contributed by atoms with Crippen LogP contribution in [0.25, 0.3) is 0 Å². The first-order valence-electron chi connectivity index (χ1n) is 9.16. The fourth-order valence-corrected chi connectivity index (χ4v) is 5.70. The maximum atomic E-state index is 13.4. The Morgan fingerprint density at radius 1 is 1.08 bits per heavy atom. The molecule has 0 amide bonds. The van der Waals surface area contributed by atoms with Crippen molar-refractivity contribution in [1.82, 2.24) is 9.21 Å². The van der Waals surface area contributed by atoms with Crippen molar-refractivity contribution in [3.05, 3.63) is 60.2 Å². The highest BCUT2D eigenvalue weighted by molar-refractivity contribution is 7.89. The summed E-state index contributed by atoms with van der Waals surface area (Å²) in [5, 5.41) is 0. The van der Waals surface area contributed by atoms with Gasteiger partial charge in [-0.3, -0.25) is 4.90 Å². The molecule has 2 heterocycles. The van der Waals surface area contributed by atoms with Crippen LogP contribution in [0, 0.1) is 0 Å². The van der Waals surface area contributed by atoms with Gasteiger partial charge in [-0.1, -0.05) is 30.3 Å². The molecular weight excluding hydrogens is 348 g/mol. The van der Waals surface area contributed by atoms with Gasteiger partial charge in [-0.25, -0.2) is 8.42 Å². The van der Waals surface area contributed by atoms with Crippen molar-refractivity contribution in [2.24, 2.45) is 0 Å². The summed E-state index contributed by atoms with van der Waals surface area (Å²) in [5.41, 5.74) is 1.03. The Kier molecular flexibility index (Phi) is 4.73. The number of hydrogen-bond acceptors (Lipinski definition) is 4. The van der Waals surface area contributed by atoms with Crippen LogP contribution in [-0.4, -0.2) is 43.4 Å². The third-order valence-electron chi connectivity index (χ3n) is 5.24. The van der Waals surface area contributed by atoms with E-state index in [0.717, 1.165) is 24.9 Å². The molecule has 0 bridgehead atoms. The van der Waals surface area contributed by atoms with Gasteiger partial charge >= 0.3 is 0 Å². The lowest BCUT2D eigenvalue weighted by Crippen LogP contribution is -2.35. The zero-order valence-corrected chi connectivity index (χ0v) is 15.7.